The van der Waals surface area contributed by atoms with Gasteiger partial charge in [-0.15, -0.1) is 6.42 Å². The molecule has 0 N–H and O–H groups in total. The summed E-state index contributed by atoms with van der Waals surface area (Å²) in [7, 11) is 0. The van der Waals surface area contributed by atoms with Gasteiger partial charge in [-0.25, -0.2) is 0 Å². The van der Waals surface area contributed by atoms with Crippen LogP contribution in [0.1, 0.15) is 23.4 Å². The number of para-hydroxylation sites is 1. The first-order valence-electron chi connectivity index (χ1n) is 8.02. The average Bonchev–Trinajstić information content (AvgIpc) is 2.61. The maximum Gasteiger partial charge on any atom is 0.289 e. The molecular weight excluding hydrogens is 306 g/mol. The summed E-state index contributed by atoms with van der Waals surface area (Å²) in [5.74, 6) is 2.53. The van der Waals surface area contributed by atoms with Crippen LogP contribution < -0.4 is 5.43 Å². The summed E-state index contributed by atoms with van der Waals surface area (Å²) in [5, 5.41) is 0.480. The summed E-state index contributed by atoms with van der Waals surface area (Å²) in [6.07, 6.45) is 7.07. The van der Waals surface area contributed by atoms with E-state index in [4.69, 9.17) is 15.6 Å². The molecule has 0 spiro atoms. The fraction of sp³-hybridized carbons (Fsp3) is 0.368. The third-order valence-electron chi connectivity index (χ3n) is 4.19. The first-order valence-corrected chi connectivity index (χ1v) is 8.02. The van der Waals surface area contributed by atoms with E-state index in [-0.39, 0.29) is 29.6 Å². The van der Waals surface area contributed by atoms with Crippen LogP contribution in [0.4, 0.5) is 0 Å². The normalized spacial score (nSPS) is 17.6. The standard InChI is InChI=1S/C19H19NO4/c1-2-10-23-13-14-6-5-9-20(12-14)19(22)18-11-16(21)15-7-3-4-8-17(15)24-18/h1,3-4,7-8,11,14H,5-6,9-10,12-13H2. The summed E-state index contributed by atoms with van der Waals surface area (Å²) in [5.41, 5.74) is 0.227. The summed E-state index contributed by atoms with van der Waals surface area (Å²) >= 11 is 0. The summed E-state index contributed by atoms with van der Waals surface area (Å²) < 4.78 is 11.0. The molecule has 3 rings (SSSR count). The number of benzene rings is 1. The van der Waals surface area contributed by atoms with Crippen LogP contribution in [0.5, 0.6) is 0 Å². The monoisotopic (exact) mass is 325 g/mol. The second kappa shape index (κ2) is 7.33. The number of terminal acetylenes is 1. The minimum atomic E-state index is -0.250. The largest absolute Gasteiger partial charge is 0.451 e. The van der Waals surface area contributed by atoms with Gasteiger partial charge in [0, 0.05) is 25.1 Å². The van der Waals surface area contributed by atoms with Gasteiger partial charge in [-0.3, -0.25) is 9.59 Å². The first-order chi connectivity index (χ1) is 11.7. The molecule has 2 heterocycles. The van der Waals surface area contributed by atoms with Crippen molar-refractivity contribution < 1.29 is 13.9 Å². The molecule has 0 aliphatic carbocycles. The number of ether oxygens (including phenoxy) is 1. The lowest BCUT2D eigenvalue weighted by Crippen LogP contribution is -2.41. The molecule has 1 amide bonds. The fourth-order valence-corrected chi connectivity index (χ4v) is 3.04. The van der Waals surface area contributed by atoms with E-state index in [1.54, 1.807) is 29.2 Å². The molecule has 1 aliphatic rings. The van der Waals surface area contributed by atoms with E-state index in [1.165, 1.54) is 6.07 Å². The zero-order valence-corrected chi connectivity index (χ0v) is 13.4. The van der Waals surface area contributed by atoms with E-state index < -0.39 is 0 Å². The Labute approximate surface area is 140 Å². The predicted molar refractivity (Wildman–Crippen MR) is 90.8 cm³/mol. The lowest BCUT2D eigenvalue weighted by Gasteiger charge is -2.32. The van der Waals surface area contributed by atoms with Crippen LogP contribution in [-0.2, 0) is 4.74 Å². The van der Waals surface area contributed by atoms with E-state index >= 15 is 0 Å². The highest BCUT2D eigenvalue weighted by Crippen LogP contribution is 2.20. The molecule has 5 heteroatoms. The average molecular weight is 325 g/mol. The molecule has 1 aromatic heterocycles. The van der Waals surface area contributed by atoms with E-state index in [0.29, 0.717) is 30.7 Å². The predicted octanol–water partition coefficient (Wildman–Crippen LogP) is 2.30. The minimum absolute atomic E-state index is 0.0869. The van der Waals surface area contributed by atoms with Crippen LogP contribution in [0.15, 0.2) is 39.5 Å². The van der Waals surface area contributed by atoms with Gasteiger partial charge in [0.2, 0.25) is 0 Å². The highest BCUT2D eigenvalue weighted by Gasteiger charge is 2.26. The molecule has 1 aromatic carbocycles. The van der Waals surface area contributed by atoms with E-state index in [2.05, 4.69) is 5.92 Å². The smallest absolute Gasteiger partial charge is 0.289 e. The van der Waals surface area contributed by atoms with Crippen molar-refractivity contribution in [3.05, 3.63) is 46.3 Å². The van der Waals surface area contributed by atoms with Gasteiger partial charge in [0.15, 0.2) is 11.2 Å². The summed E-state index contributed by atoms with van der Waals surface area (Å²) in [6, 6.07) is 8.21. The molecular formula is C19H19NO4. The number of hydrogen-bond donors (Lipinski definition) is 0. The molecule has 1 saturated heterocycles. The van der Waals surface area contributed by atoms with Gasteiger partial charge in [-0.1, -0.05) is 18.1 Å². The highest BCUT2D eigenvalue weighted by molar-refractivity contribution is 5.93. The van der Waals surface area contributed by atoms with Crippen LogP contribution in [0.2, 0.25) is 0 Å². The van der Waals surface area contributed by atoms with Crippen LogP contribution in [-0.4, -0.2) is 37.1 Å². The van der Waals surface area contributed by atoms with Gasteiger partial charge < -0.3 is 14.1 Å². The van der Waals surface area contributed by atoms with Gasteiger partial charge >= 0.3 is 0 Å². The quantitative estimate of drug-likeness (QED) is 0.639. The molecule has 1 unspecified atom stereocenters. The van der Waals surface area contributed by atoms with Crippen molar-refractivity contribution >= 4 is 16.9 Å². The van der Waals surface area contributed by atoms with Gasteiger partial charge in [0.1, 0.15) is 12.2 Å². The third-order valence-corrected chi connectivity index (χ3v) is 4.19. The van der Waals surface area contributed by atoms with Crippen molar-refractivity contribution in [2.24, 2.45) is 5.92 Å². The Hall–Kier alpha value is -2.58. The van der Waals surface area contributed by atoms with Gasteiger partial charge in [-0.2, -0.15) is 0 Å². The Balaban J connectivity index is 1.76. The van der Waals surface area contributed by atoms with Gasteiger partial charge in [0.05, 0.1) is 12.0 Å². The molecule has 1 fully saturated rings. The fourth-order valence-electron chi connectivity index (χ4n) is 3.04. The van der Waals surface area contributed by atoms with Crippen molar-refractivity contribution in [2.75, 3.05) is 26.3 Å². The van der Waals surface area contributed by atoms with E-state index in [0.717, 1.165) is 12.8 Å². The van der Waals surface area contributed by atoms with Crippen molar-refractivity contribution in [3.8, 4) is 12.3 Å². The van der Waals surface area contributed by atoms with Crippen molar-refractivity contribution in [1.82, 2.24) is 4.90 Å². The molecule has 24 heavy (non-hydrogen) atoms. The van der Waals surface area contributed by atoms with Crippen LogP contribution >= 0.6 is 0 Å². The van der Waals surface area contributed by atoms with Crippen LogP contribution in [0.25, 0.3) is 11.0 Å². The number of piperidine rings is 1. The Morgan fingerprint density at radius 1 is 1.42 bits per heavy atom. The van der Waals surface area contributed by atoms with Gasteiger partial charge in [-0.05, 0) is 25.0 Å². The second-order valence-electron chi connectivity index (χ2n) is 5.95. The SMILES string of the molecule is C#CCOCC1CCCN(C(=O)c2cc(=O)c3ccccc3o2)C1. The summed E-state index contributed by atoms with van der Waals surface area (Å²) in [4.78, 5) is 26.6. The third kappa shape index (κ3) is 3.50. The van der Waals surface area contributed by atoms with Crippen LogP contribution in [0.3, 0.4) is 0 Å². The number of carbonyl (C=O) groups excluding carboxylic acids is 1. The molecule has 1 aliphatic heterocycles. The molecule has 0 bridgehead atoms. The number of carbonyl (C=O) groups is 1. The number of hydrogen-bond acceptors (Lipinski definition) is 4. The Morgan fingerprint density at radius 2 is 2.25 bits per heavy atom. The lowest BCUT2D eigenvalue weighted by molar-refractivity contribution is 0.0509. The summed E-state index contributed by atoms with van der Waals surface area (Å²) in [6.45, 7) is 2.06. The number of fused-ring (bicyclic) bond motifs is 1. The lowest BCUT2D eigenvalue weighted by atomic mass is 9.98. The topological polar surface area (TPSA) is 59.8 Å². The van der Waals surface area contributed by atoms with Crippen LogP contribution in [0, 0.1) is 18.3 Å². The first kappa shape index (κ1) is 16.3. The minimum Gasteiger partial charge on any atom is -0.451 e. The maximum atomic E-state index is 12.7. The van der Waals surface area contributed by atoms with Crippen molar-refractivity contribution in [2.45, 2.75) is 12.8 Å². The Morgan fingerprint density at radius 3 is 3.08 bits per heavy atom. The second-order valence-corrected chi connectivity index (χ2v) is 5.95. The van der Waals surface area contributed by atoms with Gasteiger partial charge in [0.25, 0.3) is 5.91 Å². The number of rotatable bonds is 4. The molecule has 5 nitrogen and oxygen atoms in total. The molecule has 124 valence electrons. The molecule has 1 atom stereocenters. The number of nitrogens with zero attached hydrogens (tertiary/aromatic N) is 1. The molecule has 0 radical (unpaired) electrons. The Kier molecular flexibility index (Phi) is 4.97. The van der Waals surface area contributed by atoms with E-state index in [9.17, 15) is 9.59 Å². The van der Waals surface area contributed by atoms with E-state index in [1.807, 2.05) is 0 Å². The Bertz CT molecular complexity index is 833. The number of likely N-dealkylation sites (tertiary alicyclic amines) is 1. The zero-order valence-electron chi connectivity index (χ0n) is 13.4. The molecule has 0 saturated carbocycles. The molecule has 2 aromatic rings. The highest BCUT2D eigenvalue weighted by atomic mass is 16.5. The number of amides is 1. The van der Waals surface area contributed by atoms with Crippen molar-refractivity contribution in [1.29, 1.82) is 0 Å². The zero-order chi connectivity index (χ0) is 16.9. The maximum absolute atomic E-state index is 12.7. The van der Waals surface area contributed by atoms with Crippen molar-refractivity contribution in [3.63, 3.8) is 0 Å².